The van der Waals surface area contributed by atoms with Crippen molar-refractivity contribution in [2.24, 2.45) is 11.8 Å². The van der Waals surface area contributed by atoms with Crippen LogP contribution in [-0.4, -0.2) is 44.5 Å². The topological polar surface area (TPSA) is 107 Å². The zero-order chi connectivity index (χ0) is 20.2. The Labute approximate surface area is 171 Å². The molecule has 0 bridgehead atoms. The van der Waals surface area contributed by atoms with Crippen LogP contribution in [-0.2, 0) is 14.4 Å². The quantitative estimate of drug-likeness (QED) is 0.610. The summed E-state index contributed by atoms with van der Waals surface area (Å²) in [7, 11) is 0. The van der Waals surface area contributed by atoms with Crippen LogP contribution in [0.25, 0.3) is 0 Å². The molecule has 0 aromatic heterocycles. The molecular weight excluding hydrogens is 428 g/mol. The number of carboxylic acid groups (broad SMARTS) is 1. The summed E-state index contributed by atoms with van der Waals surface area (Å²) in [6.07, 6.45) is 4.53. The third-order valence-corrected chi connectivity index (χ3v) is 7.02. The largest absolute Gasteiger partial charge is 0.508 e. The van der Waals surface area contributed by atoms with E-state index in [1.54, 1.807) is 12.1 Å². The van der Waals surface area contributed by atoms with Gasteiger partial charge in [0.25, 0.3) is 0 Å². The molecule has 28 heavy (non-hydrogen) atoms. The van der Waals surface area contributed by atoms with Crippen LogP contribution >= 0.6 is 15.9 Å². The minimum absolute atomic E-state index is 0.0366. The lowest BCUT2D eigenvalue weighted by Crippen LogP contribution is -2.54. The van der Waals surface area contributed by atoms with Gasteiger partial charge < -0.3 is 10.2 Å². The van der Waals surface area contributed by atoms with Gasteiger partial charge in [-0.1, -0.05) is 35.2 Å². The maximum Gasteiger partial charge on any atom is 0.324 e. The van der Waals surface area contributed by atoms with Crippen molar-refractivity contribution in [1.29, 1.82) is 0 Å². The molecular formula is C20H23BrN2O5. The number of halogens is 1. The van der Waals surface area contributed by atoms with Gasteiger partial charge in [-0.3, -0.25) is 24.6 Å². The van der Waals surface area contributed by atoms with Gasteiger partial charge in [0.2, 0.25) is 11.8 Å². The lowest BCUT2D eigenvalue weighted by atomic mass is 9.80. The summed E-state index contributed by atoms with van der Waals surface area (Å²) < 4.78 is 0.698. The number of benzene rings is 1. The molecule has 8 heteroatoms. The smallest absolute Gasteiger partial charge is 0.324 e. The summed E-state index contributed by atoms with van der Waals surface area (Å²) in [5, 5.41) is 23.3. The number of likely N-dealkylation sites (tertiary alicyclic amines) is 1. The first-order chi connectivity index (χ1) is 13.3. The minimum atomic E-state index is -1.58. The highest BCUT2D eigenvalue weighted by Crippen LogP contribution is 2.51. The Hall–Kier alpha value is -1.93. The third-order valence-electron chi connectivity index (χ3n) is 6.53. The summed E-state index contributed by atoms with van der Waals surface area (Å²) in [4.78, 5) is 40.1. The normalized spacial score (nSPS) is 33.4. The number of carboxylic acids is 1. The van der Waals surface area contributed by atoms with Crippen molar-refractivity contribution in [2.75, 3.05) is 0 Å². The van der Waals surface area contributed by atoms with Crippen molar-refractivity contribution in [2.45, 2.75) is 56.7 Å². The maximum atomic E-state index is 13.4. The molecule has 2 aliphatic heterocycles. The molecule has 1 aliphatic carbocycles. The van der Waals surface area contributed by atoms with Crippen molar-refractivity contribution < 1.29 is 24.6 Å². The van der Waals surface area contributed by atoms with Crippen LogP contribution in [0.15, 0.2) is 22.7 Å². The maximum absolute atomic E-state index is 13.4. The molecule has 7 nitrogen and oxygen atoms in total. The highest BCUT2D eigenvalue weighted by Gasteiger charge is 2.67. The molecule has 0 radical (unpaired) electrons. The third kappa shape index (κ3) is 2.76. The zero-order valence-corrected chi connectivity index (χ0v) is 17.1. The number of amides is 2. The van der Waals surface area contributed by atoms with Gasteiger partial charge in [-0.2, -0.15) is 0 Å². The van der Waals surface area contributed by atoms with Gasteiger partial charge in [-0.25, -0.2) is 0 Å². The average molecular weight is 451 g/mol. The number of nitrogens with zero attached hydrogens (tertiary/aromatic N) is 1. The second kappa shape index (κ2) is 6.84. The van der Waals surface area contributed by atoms with Crippen molar-refractivity contribution >= 4 is 33.7 Å². The molecule has 4 unspecified atom stereocenters. The van der Waals surface area contributed by atoms with E-state index in [1.165, 1.54) is 17.9 Å². The first kappa shape index (κ1) is 19.4. The molecule has 1 aromatic carbocycles. The first-order valence-corrected chi connectivity index (χ1v) is 10.4. The van der Waals surface area contributed by atoms with Crippen LogP contribution in [0.3, 0.4) is 0 Å². The monoisotopic (exact) mass is 450 g/mol. The molecule has 0 spiro atoms. The average Bonchev–Trinajstić information content (AvgIpc) is 3.12. The SMILES string of the molecule is CC1(C(=O)O)NC(c2cc(Br)ccc2O)C2C(=O)N(C3CCCCC3)C(=O)C21. The van der Waals surface area contributed by atoms with Crippen molar-refractivity contribution in [3.63, 3.8) is 0 Å². The molecule has 150 valence electrons. The summed E-state index contributed by atoms with van der Waals surface area (Å²) in [6.45, 7) is 1.46. The molecule has 4 rings (SSSR count). The fourth-order valence-electron chi connectivity index (χ4n) is 5.10. The molecule has 2 saturated heterocycles. The molecule has 2 amide bonds. The Morgan fingerprint density at radius 3 is 2.54 bits per heavy atom. The Morgan fingerprint density at radius 2 is 1.89 bits per heavy atom. The number of aromatic hydroxyl groups is 1. The van der Waals surface area contributed by atoms with Crippen molar-refractivity contribution in [1.82, 2.24) is 10.2 Å². The second-order valence-electron chi connectivity index (χ2n) is 8.17. The lowest BCUT2D eigenvalue weighted by Gasteiger charge is -2.33. The first-order valence-electron chi connectivity index (χ1n) is 9.62. The lowest BCUT2D eigenvalue weighted by molar-refractivity contribution is -0.151. The summed E-state index contributed by atoms with van der Waals surface area (Å²) in [6, 6.07) is 3.91. The highest BCUT2D eigenvalue weighted by atomic mass is 79.9. The number of hydrogen-bond acceptors (Lipinski definition) is 5. The Kier molecular flexibility index (Phi) is 4.74. The Balaban J connectivity index is 1.79. The number of carbonyl (C=O) groups excluding carboxylic acids is 2. The number of hydrogen-bond donors (Lipinski definition) is 3. The van der Waals surface area contributed by atoms with Gasteiger partial charge in [-0.05, 0) is 38.0 Å². The molecule has 3 aliphatic rings. The van der Waals surface area contributed by atoms with Crippen molar-refractivity contribution in [3.8, 4) is 5.75 Å². The molecule has 3 N–H and O–H groups in total. The fourth-order valence-corrected chi connectivity index (χ4v) is 5.48. The second-order valence-corrected chi connectivity index (χ2v) is 9.09. The molecule has 2 heterocycles. The van der Waals surface area contributed by atoms with E-state index in [2.05, 4.69) is 21.2 Å². The Morgan fingerprint density at radius 1 is 1.21 bits per heavy atom. The number of nitrogens with one attached hydrogen (secondary N) is 1. The van der Waals surface area contributed by atoms with Gasteiger partial charge in [0.15, 0.2) is 0 Å². The number of fused-ring (bicyclic) bond motifs is 1. The van der Waals surface area contributed by atoms with E-state index in [9.17, 15) is 24.6 Å². The number of rotatable bonds is 3. The van der Waals surface area contributed by atoms with Crippen LogP contribution in [0.1, 0.15) is 50.6 Å². The van der Waals surface area contributed by atoms with Gasteiger partial charge >= 0.3 is 5.97 Å². The van der Waals surface area contributed by atoms with E-state index < -0.39 is 35.3 Å². The van der Waals surface area contributed by atoms with Gasteiger partial charge in [0, 0.05) is 22.1 Å². The van der Waals surface area contributed by atoms with E-state index in [0.717, 1.165) is 32.1 Å². The van der Waals surface area contributed by atoms with Crippen LogP contribution in [0.2, 0.25) is 0 Å². The van der Waals surface area contributed by atoms with Gasteiger partial charge in [0.05, 0.1) is 11.8 Å². The van der Waals surface area contributed by atoms with E-state index >= 15 is 0 Å². The highest BCUT2D eigenvalue weighted by molar-refractivity contribution is 9.10. The molecule has 4 atom stereocenters. The van der Waals surface area contributed by atoms with Gasteiger partial charge in [-0.15, -0.1) is 0 Å². The number of aliphatic carboxylic acids is 1. The van der Waals surface area contributed by atoms with Crippen LogP contribution in [0.5, 0.6) is 5.75 Å². The summed E-state index contributed by atoms with van der Waals surface area (Å²) in [5.41, 5.74) is -1.17. The van der Waals surface area contributed by atoms with E-state index in [1.807, 2.05) is 0 Å². The molecule has 1 aromatic rings. The summed E-state index contributed by atoms with van der Waals surface area (Å²) >= 11 is 3.36. The van der Waals surface area contributed by atoms with Gasteiger partial charge in [0.1, 0.15) is 11.3 Å². The van der Waals surface area contributed by atoms with Crippen LogP contribution in [0.4, 0.5) is 0 Å². The Bertz CT molecular complexity index is 853. The van der Waals surface area contributed by atoms with E-state index in [-0.39, 0.29) is 17.7 Å². The predicted molar refractivity (Wildman–Crippen MR) is 103 cm³/mol. The number of imide groups is 1. The zero-order valence-electron chi connectivity index (χ0n) is 15.5. The van der Waals surface area contributed by atoms with Crippen molar-refractivity contribution in [3.05, 3.63) is 28.2 Å². The summed E-state index contributed by atoms with van der Waals surface area (Å²) in [5.74, 6) is -3.80. The predicted octanol–water partition coefficient (Wildman–Crippen LogP) is 2.58. The number of phenols is 1. The standard InChI is InChI=1S/C20H23BrN2O5/c1-20(19(27)28)15-14(16(22-20)12-9-10(21)7-8-13(12)24)17(25)23(18(15)26)11-5-3-2-4-6-11/h7-9,11,14-16,22,24H,2-6H2,1H3,(H,27,28). The van der Waals surface area contributed by atoms with Crippen LogP contribution in [0, 0.1) is 11.8 Å². The van der Waals surface area contributed by atoms with E-state index in [0.29, 0.717) is 10.0 Å². The molecule has 3 fully saturated rings. The minimum Gasteiger partial charge on any atom is -0.508 e. The number of carbonyl (C=O) groups is 3. The number of phenolic OH excluding ortho intramolecular Hbond substituents is 1. The fraction of sp³-hybridized carbons (Fsp3) is 0.550. The van der Waals surface area contributed by atoms with E-state index in [4.69, 9.17) is 0 Å². The van der Waals surface area contributed by atoms with Crippen LogP contribution < -0.4 is 5.32 Å². The molecule has 1 saturated carbocycles.